The normalized spacial score (nSPS) is 24.9. The van der Waals surface area contributed by atoms with Crippen LogP contribution in [0.2, 0.25) is 5.02 Å². The zero-order chi connectivity index (χ0) is 14.5. The van der Waals surface area contributed by atoms with Crippen molar-refractivity contribution >= 4 is 11.6 Å². The molecule has 1 fully saturated rings. The van der Waals surface area contributed by atoms with Gasteiger partial charge in [0.15, 0.2) is 0 Å². The van der Waals surface area contributed by atoms with Crippen LogP contribution in [0, 0.1) is 11.8 Å². The first-order chi connectivity index (χ1) is 9.60. The summed E-state index contributed by atoms with van der Waals surface area (Å²) >= 11 is 6.06. The van der Waals surface area contributed by atoms with E-state index in [9.17, 15) is 0 Å². The largest absolute Gasteiger partial charge is 0.329 e. The Morgan fingerprint density at radius 3 is 2.60 bits per heavy atom. The molecule has 112 valence electrons. The van der Waals surface area contributed by atoms with Crippen molar-refractivity contribution in [3.05, 3.63) is 34.9 Å². The van der Waals surface area contributed by atoms with E-state index < -0.39 is 0 Å². The third kappa shape index (κ3) is 4.21. The number of likely N-dealkylation sites (N-methyl/N-ethyl adjacent to an activating group) is 1. The van der Waals surface area contributed by atoms with E-state index in [4.69, 9.17) is 17.3 Å². The van der Waals surface area contributed by atoms with Gasteiger partial charge in [0.05, 0.1) is 0 Å². The van der Waals surface area contributed by atoms with Gasteiger partial charge in [-0.1, -0.05) is 43.5 Å². The van der Waals surface area contributed by atoms with Gasteiger partial charge in [0, 0.05) is 24.2 Å². The van der Waals surface area contributed by atoms with Gasteiger partial charge in [-0.3, -0.25) is 4.90 Å². The molecule has 0 bridgehead atoms. The maximum Gasteiger partial charge on any atom is 0.0409 e. The lowest BCUT2D eigenvalue weighted by atomic mass is 9.79. The Morgan fingerprint density at radius 1 is 1.30 bits per heavy atom. The summed E-state index contributed by atoms with van der Waals surface area (Å²) in [7, 11) is 2.19. The van der Waals surface area contributed by atoms with Gasteiger partial charge in [0.1, 0.15) is 0 Å². The molecule has 1 saturated carbocycles. The molecular formula is C17H27ClN2. The van der Waals surface area contributed by atoms with E-state index in [0.29, 0.717) is 6.04 Å². The maximum absolute atomic E-state index is 6.06. The molecule has 1 unspecified atom stereocenters. The molecule has 0 aromatic heterocycles. The Kier molecular flexibility index (Phi) is 5.88. The lowest BCUT2D eigenvalue weighted by molar-refractivity contribution is 0.130. The molecule has 1 aromatic carbocycles. The van der Waals surface area contributed by atoms with E-state index in [0.717, 1.165) is 29.9 Å². The van der Waals surface area contributed by atoms with Crippen molar-refractivity contribution in [3.63, 3.8) is 0 Å². The maximum atomic E-state index is 6.06. The lowest BCUT2D eigenvalue weighted by Gasteiger charge is -2.37. The van der Waals surface area contributed by atoms with Crippen LogP contribution < -0.4 is 5.73 Å². The Hall–Kier alpha value is -0.570. The summed E-state index contributed by atoms with van der Waals surface area (Å²) in [4.78, 5) is 2.41. The first kappa shape index (κ1) is 15.8. The van der Waals surface area contributed by atoms with Crippen molar-refractivity contribution < 1.29 is 0 Å². The summed E-state index contributed by atoms with van der Waals surface area (Å²) in [5.41, 5.74) is 7.32. The van der Waals surface area contributed by atoms with E-state index in [2.05, 4.69) is 31.0 Å². The average molecular weight is 295 g/mol. The number of halogens is 1. The molecule has 0 saturated heterocycles. The van der Waals surface area contributed by atoms with Gasteiger partial charge >= 0.3 is 0 Å². The highest BCUT2D eigenvalue weighted by Crippen LogP contribution is 2.32. The number of nitrogens with zero attached hydrogens (tertiary/aromatic N) is 1. The van der Waals surface area contributed by atoms with Gasteiger partial charge in [-0.15, -0.1) is 0 Å². The summed E-state index contributed by atoms with van der Waals surface area (Å²) in [6.45, 7) is 4.04. The molecule has 1 aromatic rings. The van der Waals surface area contributed by atoms with Crippen LogP contribution in [-0.4, -0.2) is 24.5 Å². The first-order valence-corrected chi connectivity index (χ1v) is 8.12. The van der Waals surface area contributed by atoms with Crippen molar-refractivity contribution in [2.24, 2.45) is 17.6 Å². The van der Waals surface area contributed by atoms with Gasteiger partial charge in [-0.25, -0.2) is 0 Å². The van der Waals surface area contributed by atoms with Gasteiger partial charge in [0.2, 0.25) is 0 Å². The zero-order valence-corrected chi connectivity index (χ0v) is 13.4. The minimum Gasteiger partial charge on any atom is -0.329 e. The van der Waals surface area contributed by atoms with Gasteiger partial charge in [-0.2, -0.15) is 0 Å². The highest BCUT2D eigenvalue weighted by molar-refractivity contribution is 6.30. The van der Waals surface area contributed by atoms with Crippen LogP contribution in [0.4, 0.5) is 0 Å². The lowest BCUT2D eigenvalue weighted by Crippen LogP contribution is -2.44. The molecule has 1 aliphatic carbocycles. The molecule has 20 heavy (non-hydrogen) atoms. The number of hydrogen-bond donors (Lipinski definition) is 1. The molecule has 3 heteroatoms. The molecular weight excluding hydrogens is 268 g/mol. The van der Waals surface area contributed by atoms with Crippen molar-refractivity contribution in [3.8, 4) is 0 Å². The van der Waals surface area contributed by atoms with E-state index >= 15 is 0 Å². The molecule has 0 amide bonds. The van der Waals surface area contributed by atoms with E-state index in [1.54, 1.807) is 0 Å². The summed E-state index contributed by atoms with van der Waals surface area (Å²) in [5.74, 6) is 1.64. The van der Waals surface area contributed by atoms with E-state index in [1.807, 2.05) is 12.1 Å². The highest BCUT2D eigenvalue weighted by atomic mass is 35.5. The molecule has 1 aliphatic rings. The third-order valence-corrected chi connectivity index (χ3v) is 4.97. The first-order valence-electron chi connectivity index (χ1n) is 7.75. The van der Waals surface area contributed by atoms with Crippen molar-refractivity contribution in [1.29, 1.82) is 0 Å². The molecule has 0 spiro atoms. The Balaban J connectivity index is 1.96. The van der Waals surface area contributed by atoms with Crippen LogP contribution in [0.25, 0.3) is 0 Å². The van der Waals surface area contributed by atoms with Crippen LogP contribution in [-0.2, 0) is 6.54 Å². The van der Waals surface area contributed by atoms with Crippen molar-refractivity contribution in [2.75, 3.05) is 13.6 Å². The summed E-state index contributed by atoms with van der Waals surface area (Å²) in [6.07, 6.45) is 5.35. The van der Waals surface area contributed by atoms with Crippen LogP contribution in [0.3, 0.4) is 0 Å². The molecule has 2 rings (SSSR count). The molecule has 0 radical (unpaired) electrons. The summed E-state index contributed by atoms with van der Waals surface area (Å²) in [6, 6.07) is 8.62. The zero-order valence-electron chi connectivity index (χ0n) is 12.7. The predicted molar refractivity (Wildman–Crippen MR) is 86.9 cm³/mol. The average Bonchev–Trinajstić information content (AvgIpc) is 2.42. The van der Waals surface area contributed by atoms with Crippen LogP contribution in [0.5, 0.6) is 0 Å². The van der Waals surface area contributed by atoms with Crippen molar-refractivity contribution in [2.45, 2.75) is 45.2 Å². The van der Waals surface area contributed by atoms with Gasteiger partial charge in [-0.05, 0) is 49.4 Å². The number of benzene rings is 1. The van der Waals surface area contributed by atoms with Gasteiger partial charge < -0.3 is 5.73 Å². The molecule has 0 aliphatic heterocycles. The van der Waals surface area contributed by atoms with E-state index in [1.165, 1.54) is 31.2 Å². The van der Waals surface area contributed by atoms with E-state index in [-0.39, 0.29) is 0 Å². The minimum absolute atomic E-state index is 0.487. The quantitative estimate of drug-likeness (QED) is 0.892. The molecule has 2 N–H and O–H groups in total. The topological polar surface area (TPSA) is 29.3 Å². The van der Waals surface area contributed by atoms with Crippen LogP contribution in [0.15, 0.2) is 24.3 Å². The fourth-order valence-corrected chi connectivity index (χ4v) is 3.66. The van der Waals surface area contributed by atoms with Gasteiger partial charge in [0.25, 0.3) is 0 Å². The molecule has 2 nitrogen and oxygen atoms in total. The third-order valence-electron chi connectivity index (χ3n) is 4.73. The summed E-state index contributed by atoms with van der Waals surface area (Å²) < 4.78 is 0. The second kappa shape index (κ2) is 7.44. The summed E-state index contributed by atoms with van der Waals surface area (Å²) in [5, 5.41) is 0.812. The molecule has 1 atom stereocenters. The second-order valence-electron chi connectivity index (χ2n) is 6.37. The van der Waals surface area contributed by atoms with Crippen LogP contribution >= 0.6 is 11.6 Å². The predicted octanol–water partition coefficient (Wildman–Crippen LogP) is 3.93. The molecule has 0 heterocycles. The fraction of sp³-hybridized carbons (Fsp3) is 0.647. The second-order valence-corrected chi connectivity index (χ2v) is 6.80. The monoisotopic (exact) mass is 294 g/mol. The van der Waals surface area contributed by atoms with Crippen molar-refractivity contribution in [1.82, 2.24) is 4.90 Å². The number of hydrogen-bond acceptors (Lipinski definition) is 2. The Bertz CT molecular complexity index is 413. The number of rotatable bonds is 5. The Morgan fingerprint density at radius 2 is 2.00 bits per heavy atom. The standard InChI is InChI=1S/C17H27ClN2/c1-13-6-8-15(9-7-13)17(11-19)20(2)12-14-4-3-5-16(18)10-14/h3-5,10,13,15,17H,6-9,11-12,19H2,1-2H3. The highest BCUT2D eigenvalue weighted by Gasteiger charge is 2.27. The minimum atomic E-state index is 0.487. The SMILES string of the molecule is CC1CCC(C(CN)N(C)Cc2cccc(Cl)c2)CC1. The number of nitrogens with two attached hydrogens (primary N) is 1. The smallest absolute Gasteiger partial charge is 0.0409 e. The fourth-order valence-electron chi connectivity index (χ4n) is 3.44. The van der Waals surface area contributed by atoms with Crippen LogP contribution in [0.1, 0.15) is 38.2 Å². The Labute approximate surface area is 128 Å².